The summed E-state index contributed by atoms with van der Waals surface area (Å²) in [5.41, 5.74) is -4.02. The van der Waals surface area contributed by atoms with Crippen molar-refractivity contribution in [3.63, 3.8) is 0 Å². The Morgan fingerprint density at radius 3 is 2.37 bits per heavy atom. The number of hydrogen-bond acceptors (Lipinski definition) is 3. The molecule has 0 unspecified atom stereocenters. The highest BCUT2D eigenvalue weighted by Crippen LogP contribution is 2.51. The van der Waals surface area contributed by atoms with Crippen molar-refractivity contribution in [2.75, 3.05) is 6.54 Å². The van der Waals surface area contributed by atoms with Crippen molar-refractivity contribution in [3.05, 3.63) is 46.7 Å². The van der Waals surface area contributed by atoms with Gasteiger partial charge in [-0.2, -0.15) is 13.2 Å². The van der Waals surface area contributed by atoms with Gasteiger partial charge in [0, 0.05) is 24.2 Å². The molecule has 0 saturated heterocycles. The molecule has 8 heteroatoms. The van der Waals surface area contributed by atoms with Gasteiger partial charge in [0.05, 0.1) is 5.57 Å². The van der Waals surface area contributed by atoms with Crippen molar-refractivity contribution in [3.8, 4) is 0 Å². The van der Waals surface area contributed by atoms with Crippen LogP contribution >= 0.6 is 0 Å². The van der Waals surface area contributed by atoms with Gasteiger partial charge in [0.1, 0.15) is 0 Å². The molecular formula is C22H25F3N2O3. The Labute approximate surface area is 173 Å². The lowest BCUT2D eigenvalue weighted by molar-refractivity contribution is -0.190. The molecule has 1 aromatic rings. The minimum Gasteiger partial charge on any atom is -0.326 e. The molecule has 0 fully saturated rings. The third-order valence-electron chi connectivity index (χ3n) is 5.68. The second-order valence-electron chi connectivity index (χ2n) is 8.74. The highest BCUT2D eigenvalue weighted by Gasteiger charge is 2.71. The van der Waals surface area contributed by atoms with Crippen LogP contribution in [0.5, 0.6) is 0 Å². The van der Waals surface area contributed by atoms with Gasteiger partial charge >= 0.3 is 6.18 Å². The predicted octanol–water partition coefficient (Wildman–Crippen LogP) is 3.92. The molecule has 1 aliphatic carbocycles. The van der Waals surface area contributed by atoms with E-state index >= 15 is 0 Å². The van der Waals surface area contributed by atoms with Gasteiger partial charge in [-0.15, -0.1) is 0 Å². The van der Waals surface area contributed by atoms with Crippen LogP contribution in [0.15, 0.2) is 35.5 Å². The Morgan fingerprint density at radius 1 is 1.17 bits per heavy atom. The van der Waals surface area contributed by atoms with E-state index < -0.39 is 40.3 Å². The average molecular weight is 422 g/mol. The van der Waals surface area contributed by atoms with Crippen molar-refractivity contribution in [2.24, 2.45) is 5.41 Å². The molecule has 0 spiro atoms. The molecule has 1 aromatic carbocycles. The molecule has 2 aliphatic rings. The van der Waals surface area contributed by atoms with Crippen molar-refractivity contribution in [2.45, 2.75) is 58.7 Å². The van der Waals surface area contributed by atoms with Crippen molar-refractivity contribution < 1.29 is 27.6 Å². The second-order valence-corrected chi connectivity index (χ2v) is 8.74. The predicted molar refractivity (Wildman–Crippen MR) is 104 cm³/mol. The van der Waals surface area contributed by atoms with E-state index in [9.17, 15) is 27.6 Å². The zero-order valence-electron chi connectivity index (χ0n) is 17.4. The van der Waals surface area contributed by atoms with E-state index in [1.807, 2.05) is 5.32 Å². The van der Waals surface area contributed by atoms with Crippen LogP contribution in [-0.4, -0.2) is 40.8 Å². The topological polar surface area (TPSA) is 66.5 Å². The minimum absolute atomic E-state index is 0.0219. The van der Waals surface area contributed by atoms with Crippen molar-refractivity contribution >= 4 is 17.6 Å². The molecule has 1 N–H and O–H groups in total. The number of amides is 2. The number of allylic oxidation sites excluding steroid dienone is 1. The molecule has 3 rings (SSSR count). The largest absolute Gasteiger partial charge is 0.425 e. The zero-order valence-corrected chi connectivity index (χ0v) is 17.4. The maximum absolute atomic E-state index is 14.5. The third kappa shape index (κ3) is 3.32. The number of rotatable bonds is 4. The van der Waals surface area contributed by atoms with Crippen LogP contribution in [-0.2, 0) is 9.59 Å². The first kappa shape index (κ1) is 22.1. The van der Waals surface area contributed by atoms with E-state index in [1.54, 1.807) is 39.8 Å². The van der Waals surface area contributed by atoms with Crippen LogP contribution in [0.2, 0.25) is 0 Å². The maximum atomic E-state index is 14.5. The van der Waals surface area contributed by atoms with Crippen LogP contribution in [0.25, 0.3) is 0 Å². The van der Waals surface area contributed by atoms with E-state index in [0.717, 1.165) is 4.90 Å². The summed E-state index contributed by atoms with van der Waals surface area (Å²) >= 11 is 0. The first-order valence-electron chi connectivity index (χ1n) is 9.89. The normalized spacial score (nSPS) is 23.6. The van der Waals surface area contributed by atoms with Crippen LogP contribution in [0.4, 0.5) is 13.2 Å². The average Bonchev–Trinajstić information content (AvgIpc) is 2.84. The van der Waals surface area contributed by atoms with E-state index in [1.165, 1.54) is 12.1 Å². The van der Waals surface area contributed by atoms with E-state index in [4.69, 9.17) is 0 Å². The molecule has 1 heterocycles. The fourth-order valence-corrected chi connectivity index (χ4v) is 4.35. The number of carbonyl (C=O) groups excluding carboxylic acids is 3. The lowest BCUT2D eigenvalue weighted by Gasteiger charge is -2.35. The van der Waals surface area contributed by atoms with E-state index in [2.05, 4.69) is 0 Å². The van der Waals surface area contributed by atoms with Gasteiger partial charge in [0.25, 0.3) is 11.8 Å². The molecule has 1 atom stereocenters. The Morgan fingerprint density at radius 2 is 1.80 bits per heavy atom. The fourth-order valence-electron chi connectivity index (χ4n) is 4.35. The number of hydrogen-bond donors (Lipinski definition) is 1. The summed E-state index contributed by atoms with van der Waals surface area (Å²) in [6, 6.07) is 6.16. The van der Waals surface area contributed by atoms with Gasteiger partial charge in [0.15, 0.2) is 5.78 Å². The summed E-state index contributed by atoms with van der Waals surface area (Å²) in [7, 11) is 0. The van der Waals surface area contributed by atoms with Crippen molar-refractivity contribution in [1.29, 1.82) is 0 Å². The number of aryl methyl sites for hydroxylation is 1. The van der Waals surface area contributed by atoms with Gasteiger partial charge in [0.2, 0.25) is 5.54 Å². The Kier molecular flexibility index (Phi) is 5.33. The first-order valence-corrected chi connectivity index (χ1v) is 9.89. The Balaban J connectivity index is 2.21. The smallest absolute Gasteiger partial charge is 0.326 e. The number of benzene rings is 1. The molecule has 1 aliphatic heterocycles. The molecular weight excluding hydrogens is 397 g/mol. The Hall–Kier alpha value is -2.64. The number of alkyl halides is 3. The van der Waals surface area contributed by atoms with Crippen LogP contribution in [0.1, 0.15) is 56.0 Å². The SMILES string of the molecule is CCCN1C(=O)[C@](NC(=O)c2ccccc2C)(C(F)(F)F)C2=C1CC(C)(C)CC2=O. The van der Waals surface area contributed by atoms with Crippen LogP contribution in [0, 0.1) is 12.3 Å². The molecule has 162 valence electrons. The van der Waals surface area contributed by atoms with Gasteiger partial charge in [-0.1, -0.05) is 39.0 Å². The number of Topliss-reactive ketones (excluding diaryl/α,β-unsaturated/α-hetero) is 1. The summed E-state index contributed by atoms with van der Waals surface area (Å²) in [5, 5.41) is 1.95. The molecule has 2 amide bonds. The van der Waals surface area contributed by atoms with Gasteiger partial charge in [-0.3, -0.25) is 14.4 Å². The summed E-state index contributed by atoms with van der Waals surface area (Å²) in [5.74, 6) is -3.10. The number of carbonyl (C=O) groups is 3. The molecule has 0 saturated carbocycles. The maximum Gasteiger partial charge on any atom is 0.425 e. The molecule has 0 radical (unpaired) electrons. The minimum atomic E-state index is -5.18. The van der Waals surface area contributed by atoms with Crippen LogP contribution in [0.3, 0.4) is 0 Å². The van der Waals surface area contributed by atoms with Crippen LogP contribution < -0.4 is 5.32 Å². The molecule has 0 aromatic heterocycles. The van der Waals surface area contributed by atoms with E-state index in [-0.39, 0.29) is 30.6 Å². The van der Waals surface area contributed by atoms with E-state index in [0.29, 0.717) is 12.0 Å². The molecule has 5 nitrogen and oxygen atoms in total. The fraction of sp³-hybridized carbons (Fsp3) is 0.500. The van der Waals surface area contributed by atoms with Gasteiger partial charge in [-0.05, 0) is 36.8 Å². The molecule has 30 heavy (non-hydrogen) atoms. The third-order valence-corrected chi connectivity index (χ3v) is 5.68. The number of halogens is 3. The highest BCUT2D eigenvalue weighted by molar-refractivity contribution is 6.14. The Bertz CT molecular complexity index is 949. The summed E-state index contributed by atoms with van der Waals surface area (Å²) in [4.78, 5) is 40.1. The zero-order chi connectivity index (χ0) is 22.5. The first-order chi connectivity index (χ1) is 13.9. The quantitative estimate of drug-likeness (QED) is 0.800. The number of nitrogens with one attached hydrogen (secondary N) is 1. The van der Waals surface area contributed by atoms with Gasteiger partial charge in [-0.25, -0.2) is 0 Å². The lowest BCUT2D eigenvalue weighted by atomic mass is 9.72. The monoisotopic (exact) mass is 422 g/mol. The van der Waals surface area contributed by atoms with Crippen molar-refractivity contribution in [1.82, 2.24) is 10.2 Å². The second kappa shape index (κ2) is 7.25. The number of nitrogens with zero attached hydrogens (tertiary/aromatic N) is 1. The summed E-state index contributed by atoms with van der Waals surface area (Å²) in [6.45, 7) is 6.93. The summed E-state index contributed by atoms with van der Waals surface area (Å²) in [6.07, 6.45) is -4.74. The lowest BCUT2D eigenvalue weighted by Crippen LogP contribution is -2.66. The molecule has 0 bridgehead atoms. The summed E-state index contributed by atoms with van der Waals surface area (Å²) < 4.78 is 43.6. The highest BCUT2D eigenvalue weighted by atomic mass is 19.4. The standard InChI is InChI=1S/C22H25F3N2O3/c1-5-10-27-15-11-20(3,4)12-16(28)17(15)21(19(27)30,22(23,24)25)26-18(29)14-9-7-6-8-13(14)2/h6-9H,5,10-12H2,1-4H3,(H,26,29)/t21-/m0/s1. The van der Waals surface area contributed by atoms with Gasteiger partial charge < -0.3 is 10.2 Å². The number of ketones is 1.